The Balaban J connectivity index is 1.91. The van der Waals surface area contributed by atoms with E-state index in [1.54, 1.807) is 0 Å². The van der Waals surface area contributed by atoms with Crippen molar-refractivity contribution in [3.05, 3.63) is 98.0 Å². The maximum absolute atomic E-state index is 15.8. The summed E-state index contributed by atoms with van der Waals surface area (Å²) in [5.74, 6) is -4.09. The summed E-state index contributed by atoms with van der Waals surface area (Å²) in [6.45, 7) is 5.84. The Hall–Kier alpha value is -3.22. The molecule has 11 heteroatoms. The van der Waals surface area contributed by atoms with Crippen molar-refractivity contribution in [2.75, 3.05) is 12.4 Å². The van der Waals surface area contributed by atoms with Crippen LogP contribution in [0.15, 0.2) is 54.6 Å². The highest BCUT2D eigenvalue weighted by molar-refractivity contribution is 6.34. The van der Waals surface area contributed by atoms with E-state index in [2.05, 4.69) is 16.7 Å². The Morgan fingerprint density at radius 3 is 2.38 bits per heavy atom. The van der Waals surface area contributed by atoms with Crippen LogP contribution in [0.4, 0.5) is 14.5 Å². The zero-order valence-corrected chi connectivity index (χ0v) is 25.5. The highest BCUT2D eigenvalue weighted by atomic mass is 35.5. The fourth-order valence-electron chi connectivity index (χ4n) is 5.65. The molecule has 1 fully saturated rings. The molecule has 42 heavy (non-hydrogen) atoms. The molecular weight excluding hydrogens is 607 g/mol. The summed E-state index contributed by atoms with van der Waals surface area (Å²) >= 11 is 18.5. The lowest BCUT2D eigenvalue weighted by Crippen LogP contribution is -2.45. The topological polar surface area (TPSA) is 91.2 Å². The second-order valence-electron chi connectivity index (χ2n) is 11.4. The van der Waals surface area contributed by atoms with Gasteiger partial charge in [-0.05, 0) is 53.8 Å². The number of carbonyl (C=O) groups is 2. The second-order valence-corrected chi connectivity index (χ2v) is 12.6. The van der Waals surface area contributed by atoms with Crippen LogP contribution in [0.2, 0.25) is 15.1 Å². The van der Waals surface area contributed by atoms with Gasteiger partial charge in [-0.2, -0.15) is 5.26 Å². The van der Waals surface area contributed by atoms with Gasteiger partial charge in [0.15, 0.2) is 0 Å². The number of nitrogens with zero attached hydrogens (tertiary/aromatic N) is 1. The fraction of sp³-hybridized carbons (Fsp3) is 0.323. The fourth-order valence-corrected chi connectivity index (χ4v) is 6.24. The van der Waals surface area contributed by atoms with Gasteiger partial charge in [0.25, 0.3) is 0 Å². The van der Waals surface area contributed by atoms with Crippen molar-refractivity contribution in [3.8, 4) is 6.07 Å². The molecule has 6 nitrogen and oxygen atoms in total. The smallest absolute Gasteiger partial charge is 0.339 e. The van der Waals surface area contributed by atoms with Crippen molar-refractivity contribution < 1.29 is 23.1 Å². The molecule has 1 aliphatic heterocycles. The summed E-state index contributed by atoms with van der Waals surface area (Å²) < 4.78 is 36.2. The number of benzene rings is 3. The summed E-state index contributed by atoms with van der Waals surface area (Å²) in [6, 6.07) is 12.8. The number of anilines is 1. The third-order valence-electron chi connectivity index (χ3n) is 7.37. The van der Waals surface area contributed by atoms with Gasteiger partial charge in [-0.3, -0.25) is 4.79 Å². The first-order valence-corrected chi connectivity index (χ1v) is 14.1. The van der Waals surface area contributed by atoms with Crippen molar-refractivity contribution in [1.82, 2.24) is 5.32 Å². The van der Waals surface area contributed by atoms with Crippen molar-refractivity contribution in [3.63, 3.8) is 0 Å². The number of esters is 1. The van der Waals surface area contributed by atoms with Crippen molar-refractivity contribution in [1.29, 1.82) is 5.26 Å². The van der Waals surface area contributed by atoms with Gasteiger partial charge in [-0.1, -0.05) is 73.8 Å². The zero-order valence-electron chi connectivity index (χ0n) is 23.2. The Morgan fingerprint density at radius 1 is 1.07 bits per heavy atom. The van der Waals surface area contributed by atoms with Crippen LogP contribution in [-0.2, 0) is 14.9 Å². The van der Waals surface area contributed by atoms with E-state index in [0.717, 1.165) is 6.07 Å². The molecule has 0 saturated carbocycles. The van der Waals surface area contributed by atoms with Gasteiger partial charge in [0.2, 0.25) is 5.91 Å². The van der Waals surface area contributed by atoms with Gasteiger partial charge < -0.3 is 15.4 Å². The minimum Gasteiger partial charge on any atom is -0.465 e. The van der Waals surface area contributed by atoms with E-state index in [1.165, 1.54) is 55.6 Å². The van der Waals surface area contributed by atoms with Crippen molar-refractivity contribution in [2.45, 2.75) is 50.6 Å². The quantitative estimate of drug-likeness (QED) is 0.272. The molecule has 4 atom stereocenters. The van der Waals surface area contributed by atoms with Gasteiger partial charge >= 0.3 is 5.97 Å². The Kier molecular flexibility index (Phi) is 9.19. The summed E-state index contributed by atoms with van der Waals surface area (Å²) in [7, 11) is 1.22. The van der Waals surface area contributed by atoms with Gasteiger partial charge in [0, 0.05) is 28.2 Å². The van der Waals surface area contributed by atoms with E-state index in [9.17, 15) is 14.9 Å². The molecule has 0 spiro atoms. The first-order chi connectivity index (χ1) is 19.7. The third-order valence-corrected chi connectivity index (χ3v) is 8.21. The molecule has 1 amide bonds. The lowest BCUT2D eigenvalue weighted by Gasteiger charge is -2.37. The molecule has 4 rings (SSSR count). The van der Waals surface area contributed by atoms with Crippen LogP contribution in [0.25, 0.3) is 0 Å². The summed E-state index contributed by atoms with van der Waals surface area (Å²) in [6.07, 6.45) is 0.324. The number of ether oxygens (including phenoxy) is 1. The number of hydrogen-bond donors (Lipinski definition) is 2. The standard InChI is InChI=1S/C31H28Cl3F2N3O3/c1-30(2,3)14-24-31(15-37,20-11-8-16(32)12-23(20)35)25(19-6-5-7-21(33)26(19)36)27(39-24)28(40)38-17-9-10-18(22(34)13-17)29(41)42-4/h5-13,24-25,27,39H,14H2,1-4H3,(H,38,40)/t24?,25-,27+,31-/m0/s1. The molecular formula is C31H28Cl3F2N3O3. The zero-order chi connectivity index (χ0) is 31.0. The predicted octanol–water partition coefficient (Wildman–Crippen LogP) is 7.67. The molecule has 2 N–H and O–H groups in total. The first-order valence-electron chi connectivity index (χ1n) is 13.0. The average Bonchev–Trinajstić information content (AvgIpc) is 3.23. The molecule has 3 aromatic rings. The van der Waals surface area contributed by atoms with Crippen LogP contribution < -0.4 is 10.6 Å². The lowest BCUT2D eigenvalue weighted by atomic mass is 9.62. The van der Waals surface area contributed by atoms with Gasteiger partial charge in [0.1, 0.15) is 17.0 Å². The molecule has 220 valence electrons. The van der Waals surface area contributed by atoms with Crippen LogP contribution in [-0.4, -0.2) is 31.1 Å². The van der Waals surface area contributed by atoms with Crippen LogP contribution >= 0.6 is 34.8 Å². The van der Waals surface area contributed by atoms with E-state index < -0.39 is 46.9 Å². The average molecular weight is 635 g/mol. The minimum atomic E-state index is -1.76. The summed E-state index contributed by atoms with van der Waals surface area (Å²) in [5, 5.41) is 16.9. The molecule has 0 radical (unpaired) electrons. The van der Waals surface area contributed by atoms with Gasteiger partial charge in [0.05, 0.1) is 34.8 Å². The number of rotatable bonds is 6. The number of nitriles is 1. The SMILES string of the molecule is COC(=O)c1ccc(NC(=O)[C@@H]2NC(CC(C)(C)C)[C@](C#N)(c3ccc(Cl)cc3F)[C@H]2c2cccc(Cl)c2F)cc1Cl. The number of nitrogens with one attached hydrogen (secondary N) is 2. The van der Waals surface area contributed by atoms with Crippen molar-refractivity contribution >= 4 is 52.4 Å². The molecule has 1 unspecified atom stereocenters. The second kappa shape index (κ2) is 12.2. The number of hydrogen-bond acceptors (Lipinski definition) is 5. The molecule has 1 aliphatic rings. The molecule has 1 heterocycles. The number of carbonyl (C=O) groups excluding carboxylic acids is 2. The lowest BCUT2D eigenvalue weighted by molar-refractivity contribution is -0.118. The number of amides is 1. The molecule has 3 aromatic carbocycles. The van der Waals surface area contributed by atoms with E-state index in [0.29, 0.717) is 6.42 Å². The maximum Gasteiger partial charge on any atom is 0.339 e. The Bertz CT molecular complexity index is 1590. The van der Waals surface area contributed by atoms with Crippen LogP contribution in [0.1, 0.15) is 54.6 Å². The van der Waals surface area contributed by atoms with E-state index >= 15 is 8.78 Å². The van der Waals surface area contributed by atoms with E-state index in [-0.39, 0.29) is 42.9 Å². The predicted molar refractivity (Wildman–Crippen MR) is 159 cm³/mol. The third kappa shape index (κ3) is 5.97. The van der Waals surface area contributed by atoms with Gasteiger partial charge in [-0.25, -0.2) is 13.6 Å². The van der Waals surface area contributed by atoms with E-state index in [1.807, 2.05) is 20.8 Å². The largest absolute Gasteiger partial charge is 0.465 e. The first kappa shape index (κ1) is 31.7. The number of halogens is 5. The highest BCUT2D eigenvalue weighted by Crippen LogP contribution is 2.53. The normalized spacial score (nSPS) is 22.0. The molecule has 0 bridgehead atoms. The monoisotopic (exact) mass is 633 g/mol. The van der Waals surface area contributed by atoms with Gasteiger partial charge in [-0.15, -0.1) is 0 Å². The van der Waals surface area contributed by atoms with Crippen LogP contribution in [0, 0.1) is 28.4 Å². The molecule has 0 aromatic heterocycles. The van der Waals surface area contributed by atoms with Crippen LogP contribution in [0.5, 0.6) is 0 Å². The Labute approximate surface area is 257 Å². The molecule has 0 aliphatic carbocycles. The Morgan fingerprint density at radius 2 is 1.79 bits per heavy atom. The molecule has 1 saturated heterocycles. The van der Waals surface area contributed by atoms with E-state index in [4.69, 9.17) is 39.5 Å². The number of methoxy groups -OCH3 is 1. The van der Waals surface area contributed by atoms with Crippen LogP contribution in [0.3, 0.4) is 0 Å². The summed E-state index contributed by atoms with van der Waals surface area (Å²) in [5.41, 5.74) is -1.86. The summed E-state index contributed by atoms with van der Waals surface area (Å²) in [4.78, 5) is 25.9. The minimum absolute atomic E-state index is 0.0264. The maximum atomic E-state index is 15.8. The highest BCUT2D eigenvalue weighted by Gasteiger charge is 2.61. The van der Waals surface area contributed by atoms with Crippen molar-refractivity contribution in [2.24, 2.45) is 5.41 Å².